The number of hydrogen-bond donors (Lipinski definition) is 1. The van der Waals surface area contributed by atoms with Crippen molar-refractivity contribution in [3.05, 3.63) is 0 Å². The van der Waals surface area contributed by atoms with Gasteiger partial charge in [0.25, 0.3) is 0 Å². The molecular weight excluding hydrogens is 192 g/mol. The van der Waals surface area contributed by atoms with E-state index in [9.17, 15) is 4.79 Å². The molecule has 4 heteroatoms. The minimum absolute atomic E-state index is 0.0962. The quantitative estimate of drug-likeness (QED) is 0.746. The lowest BCUT2D eigenvalue weighted by Crippen LogP contribution is -2.59. The molecule has 0 aromatic heterocycles. The second-order valence-electron chi connectivity index (χ2n) is 4.89. The highest BCUT2D eigenvalue weighted by Gasteiger charge is 2.27. The van der Waals surface area contributed by atoms with E-state index >= 15 is 0 Å². The molecule has 88 valence electrons. The molecule has 1 heterocycles. The summed E-state index contributed by atoms with van der Waals surface area (Å²) in [5, 5.41) is 3.17. The average Bonchev–Trinajstić information content (AvgIpc) is 2.05. The summed E-state index contributed by atoms with van der Waals surface area (Å²) in [6, 6.07) is 0.367. The summed E-state index contributed by atoms with van der Waals surface area (Å²) >= 11 is 0. The van der Waals surface area contributed by atoms with E-state index in [1.54, 1.807) is 0 Å². The minimum Gasteiger partial charge on any atom is -0.366 e. The van der Waals surface area contributed by atoms with Crippen LogP contribution < -0.4 is 5.32 Å². The van der Waals surface area contributed by atoms with Gasteiger partial charge in [-0.15, -0.1) is 0 Å². The summed E-state index contributed by atoms with van der Waals surface area (Å²) in [6.45, 7) is 10.7. The van der Waals surface area contributed by atoms with E-state index in [-0.39, 0.29) is 18.1 Å². The molecule has 1 N–H and O–H groups in total. The third kappa shape index (κ3) is 3.80. The van der Waals surface area contributed by atoms with Gasteiger partial charge in [0.15, 0.2) is 0 Å². The van der Waals surface area contributed by atoms with E-state index in [2.05, 4.69) is 5.32 Å². The lowest BCUT2D eigenvalue weighted by molar-refractivity contribution is -0.144. The molecule has 1 saturated heterocycles. The van der Waals surface area contributed by atoms with Crippen LogP contribution in [-0.4, -0.2) is 48.7 Å². The van der Waals surface area contributed by atoms with Gasteiger partial charge in [-0.2, -0.15) is 0 Å². The van der Waals surface area contributed by atoms with Crippen LogP contribution in [0, 0.1) is 0 Å². The highest BCUT2D eigenvalue weighted by molar-refractivity contribution is 5.78. The topological polar surface area (TPSA) is 41.6 Å². The Morgan fingerprint density at radius 1 is 1.47 bits per heavy atom. The van der Waals surface area contributed by atoms with Crippen molar-refractivity contribution in [3.63, 3.8) is 0 Å². The molecule has 1 aliphatic heterocycles. The largest absolute Gasteiger partial charge is 0.366 e. The first-order chi connectivity index (χ1) is 6.94. The Kier molecular flexibility index (Phi) is 4.11. The number of nitrogens with zero attached hydrogens (tertiary/aromatic N) is 1. The smallest absolute Gasteiger partial charge is 0.248 e. The zero-order valence-corrected chi connectivity index (χ0v) is 10.2. The van der Waals surface area contributed by atoms with Gasteiger partial charge < -0.3 is 15.0 Å². The maximum absolute atomic E-state index is 11.8. The number of rotatable bonds is 4. The van der Waals surface area contributed by atoms with Crippen LogP contribution in [0.5, 0.6) is 0 Å². The summed E-state index contributed by atoms with van der Waals surface area (Å²) < 4.78 is 5.48. The monoisotopic (exact) mass is 214 g/mol. The molecule has 0 saturated carbocycles. The van der Waals surface area contributed by atoms with E-state index in [1.165, 1.54) is 0 Å². The van der Waals surface area contributed by atoms with Crippen LogP contribution in [0.3, 0.4) is 0 Å². The second kappa shape index (κ2) is 4.94. The van der Waals surface area contributed by atoms with Gasteiger partial charge >= 0.3 is 0 Å². The van der Waals surface area contributed by atoms with E-state index < -0.39 is 0 Å². The lowest BCUT2D eigenvalue weighted by Gasteiger charge is -2.38. The normalized spacial score (nSPS) is 17.3. The van der Waals surface area contributed by atoms with E-state index in [4.69, 9.17) is 4.74 Å². The third-order valence-electron chi connectivity index (χ3n) is 2.49. The van der Waals surface area contributed by atoms with Crippen molar-refractivity contribution in [2.24, 2.45) is 0 Å². The fourth-order valence-corrected chi connectivity index (χ4v) is 1.49. The van der Waals surface area contributed by atoms with Crippen molar-refractivity contribution in [1.82, 2.24) is 10.2 Å². The zero-order chi connectivity index (χ0) is 11.5. The Bertz CT molecular complexity index is 219. The third-order valence-corrected chi connectivity index (χ3v) is 2.49. The Hall–Kier alpha value is -0.610. The summed E-state index contributed by atoms with van der Waals surface area (Å²) in [6.07, 6.45) is 0. The molecule has 0 radical (unpaired) electrons. The molecular formula is C11H22N2O2. The molecule has 1 fully saturated rings. The number of likely N-dealkylation sites (N-methyl/N-ethyl adjacent to an activating group) is 1. The molecule has 0 aromatic carbocycles. The van der Waals surface area contributed by atoms with Crippen LogP contribution in [0.15, 0.2) is 0 Å². The van der Waals surface area contributed by atoms with Gasteiger partial charge in [-0.25, -0.2) is 0 Å². The van der Waals surface area contributed by atoms with Crippen molar-refractivity contribution in [2.45, 2.75) is 39.3 Å². The molecule has 0 spiro atoms. The van der Waals surface area contributed by atoms with Gasteiger partial charge in [0.1, 0.15) is 6.61 Å². The number of ether oxygens (including phenoxy) is 1. The second-order valence-corrected chi connectivity index (χ2v) is 4.89. The number of hydrogen-bond acceptors (Lipinski definition) is 3. The molecule has 0 atom stereocenters. The zero-order valence-electron chi connectivity index (χ0n) is 10.2. The molecule has 0 aliphatic carbocycles. The van der Waals surface area contributed by atoms with Crippen molar-refractivity contribution >= 4 is 5.91 Å². The highest BCUT2D eigenvalue weighted by Crippen LogP contribution is 2.09. The van der Waals surface area contributed by atoms with Gasteiger partial charge in [-0.05, 0) is 27.7 Å². The van der Waals surface area contributed by atoms with Crippen LogP contribution in [0.1, 0.15) is 27.7 Å². The minimum atomic E-state index is -0.243. The van der Waals surface area contributed by atoms with E-state index in [0.717, 1.165) is 19.6 Å². The van der Waals surface area contributed by atoms with Crippen molar-refractivity contribution < 1.29 is 9.53 Å². The summed E-state index contributed by atoms with van der Waals surface area (Å²) in [7, 11) is 0. The Labute approximate surface area is 92.0 Å². The Morgan fingerprint density at radius 2 is 2.07 bits per heavy atom. The number of nitrogens with one attached hydrogen (secondary N) is 1. The van der Waals surface area contributed by atoms with Gasteiger partial charge in [0.2, 0.25) is 5.91 Å². The van der Waals surface area contributed by atoms with E-state index in [1.807, 2.05) is 32.6 Å². The maximum Gasteiger partial charge on any atom is 0.248 e. The molecule has 0 bridgehead atoms. The maximum atomic E-state index is 11.8. The highest BCUT2D eigenvalue weighted by atomic mass is 16.5. The van der Waals surface area contributed by atoms with Gasteiger partial charge in [0, 0.05) is 19.6 Å². The first-order valence-corrected chi connectivity index (χ1v) is 5.58. The van der Waals surface area contributed by atoms with Crippen molar-refractivity contribution in [2.75, 3.05) is 26.2 Å². The van der Waals surface area contributed by atoms with Crippen LogP contribution in [0.4, 0.5) is 0 Å². The lowest BCUT2D eigenvalue weighted by atomic mass is 10.1. The predicted octanol–water partition coefficient (Wildman–Crippen LogP) is 0.622. The molecule has 15 heavy (non-hydrogen) atoms. The number of carbonyl (C=O) groups excluding carboxylic acids is 1. The first kappa shape index (κ1) is 12.5. The Balaban J connectivity index is 2.36. The van der Waals surface area contributed by atoms with Crippen LogP contribution in [0.2, 0.25) is 0 Å². The number of amides is 1. The van der Waals surface area contributed by atoms with Crippen LogP contribution >= 0.6 is 0 Å². The molecule has 0 unspecified atom stereocenters. The van der Waals surface area contributed by atoms with Crippen LogP contribution in [0.25, 0.3) is 0 Å². The average molecular weight is 214 g/mol. The summed E-state index contributed by atoms with van der Waals surface area (Å²) in [4.78, 5) is 13.7. The standard InChI is InChI=1S/C11H22N2O2/c1-5-13(9-6-12-7-9)10(14)8-15-11(2,3)4/h9,12H,5-8H2,1-4H3. The van der Waals surface area contributed by atoms with Crippen molar-refractivity contribution in [3.8, 4) is 0 Å². The number of carbonyl (C=O) groups is 1. The van der Waals surface area contributed by atoms with Gasteiger partial charge in [-0.3, -0.25) is 4.79 Å². The fourth-order valence-electron chi connectivity index (χ4n) is 1.49. The summed E-state index contributed by atoms with van der Waals surface area (Å²) in [5.41, 5.74) is -0.243. The molecule has 0 aromatic rings. The van der Waals surface area contributed by atoms with Gasteiger partial charge in [-0.1, -0.05) is 0 Å². The summed E-state index contributed by atoms with van der Waals surface area (Å²) in [5.74, 6) is 0.0962. The predicted molar refractivity (Wildman–Crippen MR) is 59.7 cm³/mol. The molecule has 4 nitrogen and oxygen atoms in total. The molecule has 1 aliphatic rings. The van der Waals surface area contributed by atoms with Crippen molar-refractivity contribution in [1.29, 1.82) is 0 Å². The van der Waals surface area contributed by atoms with E-state index in [0.29, 0.717) is 6.04 Å². The Morgan fingerprint density at radius 3 is 2.40 bits per heavy atom. The molecule has 1 amide bonds. The van der Waals surface area contributed by atoms with Crippen LogP contribution in [-0.2, 0) is 9.53 Å². The fraction of sp³-hybridized carbons (Fsp3) is 0.909. The SMILES string of the molecule is CCN(C(=O)COC(C)(C)C)C1CNC1. The first-order valence-electron chi connectivity index (χ1n) is 5.58. The molecule has 1 rings (SSSR count). The van der Waals surface area contributed by atoms with Gasteiger partial charge in [0.05, 0.1) is 11.6 Å².